The fourth-order valence-corrected chi connectivity index (χ4v) is 5.77. The molecule has 270 valence electrons. The summed E-state index contributed by atoms with van der Waals surface area (Å²) in [6, 6.07) is 19.0. The van der Waals surface area contributed by atoms with Crippen molar-refractivity contribution in [2.24, 2.45) is 0 Å². The van der Waals surface area contributed by atoms with Gasteiger partial charge in [-0.05, 0) is 43.4 Å². The van der Waals surface area contributed by atoms with Crippen molar-refractivity contribution in [3.8, 4) is 0 Å². The van der Waals surface area contributed by atoms with E-state index >= 15 is 0 Å². The molecule has 0 saturated carbocycles. The molecule has 0 atom stereocenters. The van der Waals surface area contributed by atoms with Crippen LogP contribution in [0.2, 0.25) is 0 Å². The Morgan fingerprint density at radius 3 is 1.20 bits per heavy atom. The molecule has 3 fully saturated rings. The van der Waals surface area contributed by atoms with Crippen molar-refractivity contribution in [3.63, 3.8) is 0 Å². The Kier molecular flexibility index (Phi) is 13.4. The van der Waals surface area contributed by atoms with Gasteiger partial charge >= 0.3 is 0 Å². The lowest BCUT2D eigenvalue weighted by atomic mass is 9.92. The lowest BCUT2D eigenvalue weighted by molar-refractivity contribution is 0.122. The standard InChI is InChI=1S/C14H23N3.C13H21N3.C13H20N2O/c1-14(2,3)12-6-5-7-13(15-12)17-10-8-16(4)9-11-17;1-13(2,3)11-5-4-6-12(15-11)16-9-7-14-8-10-16;1-13(2,3)11-5-4-6-12(14-11)15-7-9-16-10-8-15/h5-7H,8-11H2,1-4H3;4-6,14H,7-10H2,1-3H3;4-6H,7-10H2,1-3H3. The summed E-state index contributed by atoms with van der Waals surface area (Å²) in [7, 11) is 2.18. The van der Waals surface area contributed by atoms with Gasteiger partial charge in [0.2, 0.25) is 0 Å². The molecule has 0 amide bonds. The van der Waals surface area contributed by atoms with Crippen molar-refractivity contribution in [1.29, 1.82) is 0 Å². The maximum Gasteiger partial charge on any atom is 0.128 e. The van der Waals surface area contributed by atoms with Crippen LogP contribution in [0, 0.1) is 0 Å². The second-order valence-electron chi connectivity index (χ2n) is 16.5. The van der Waals surface area contributed by atoms with Gasteiger partial charge in [0.1, 0.15) is 17.5 Å². The van der Waals surface area contributed by atoms with Crippen LogP contribution in [0.5, 0.6) is 0 Å². The number of nitrogens with zero attached hydrogens (tertiary/aromatic N) is 7. The molecule has 3 aromatic rings. The van der Waals surface area contributed by atoms with Crippen molar-refractivity contribution in [1.82, 2.24) is 25.2 Å². The van der Waals surface area contributed by atoms with Crippen LogP contribution >= 0.6 is 0 Å². The van der Waals surface area contributed by atoms with Crippen molar-refractivity contribution in [2.75, 3.05) is 100 Å². The zero-order valence-electron chi connectivity index (χ0n) is 32.2. The molecule has 1 N–H and O–H groups in total. The molecule has 0 aliphatic carbocycles. The summed E-state index contributed by atoms with van der Waals surface area (Å²) in [5, 5.41) is 3.36. The first-order valence-electron chi connectivity index (χ1n) is 18.3. The van der Waals surface area contributed by atoms with E-state index in [4.69, 9.17) is 19.7 Å². The third kappa shape index (κ3) is 11.9. The number of rotatable bonds is 3. The van der Waals surface area contributed by atoms with E-state index < -0.39 is 0 Å². The van der Waals surface area contributed by atoms with Crippen molar-refractivity contribution < 1.29 is 4.74 Å². The third-order valence-corrected chi connectivity index (χ3v) is 9.11. The predicted molar refractivity (Wildman–Crippen MR) is 207 cm³/mol. The number of anilines is 3. The van der Waals surface area contributed by atoms with Gasteiger partial charge in [-0.15, -0.1) is 0 Å². The van der Waals surface area contributed by atoms with Crippen LogP contribution in [-0.2, 0) is 21.0 Å². The molecule has 0 spiro atoms. The first-order valence-corrected chi connectivity index (χ1v) is 18.3. The molecule has 6 heterocycles. The summed E-state index contributed by atoms with van der Waals surface area (Å²) >= 11 is 0. The Morgan fingerprint density at radius 2 is 0.837 bits per heavy atom. The number of nitrogens with one attached hydrogen (secondary N) is 1. The molecular formula is C40H64N8O. The van der Waals surface area contributed by atoms with Gasteiger partial charge in [-0.3, -0.25) is 0 Å². The largest absolute Gasteiger partial charge is 0.378 e. The minimum Gasteiger partial charge on any atom is -0.378 e. The van der Waals surface area contributed by atoms with Crippen molar-refractivity contribution in [2.45, 2.75) is 78.6 Å². The molecule has 49 heavy (non-hydrogen) atoms. The fraction of sp³-hybridized carbons (Fsp3) is 0.625. The average molecular weight is 673 g/mol. The van der Waals surface area contributed by atoms with Gasteiger partial charge in [-0.25, -0.2) is 15.0 Å². The predicted octanol–water partition coefficient (Wildman–Crippen LogP) is 6.14. The second kappa shape index (κ2) is 17.1. The molecule has 3 saturated heterocycles. The lowest BCUT2D eigenvalue weighted by Crippen LogP contribution is -2.44. The molecule has 6 rings (SSSR count). The van der Waals surface area contributed by atoms with Crippen LogP contribution in [0.1, 0.15) is 79.4 Å². The molecule has 9 heteroatoms. The van der Waals surface area contributed by atoms with E-state index in [-0.39, 0.29) is 16.2 Å². The van der Waals surface area contributed by atoms with Crippen LogP contribution in [-0.4, -0.2) is 106 Å². The summed E-state index contributed by atoms with van der Waals surface area (Å²) < 4.78 is 5.35. The molecule has 0 unspecified atom stereocenters. The third-order valence-electron chi connectivity index (χ3n) is 9.11. The first kappa shape index (κ1) is 38.5. The Balaban J connectivity index is 0.000000166. The van der Waals surface area contributed by atoms with E-state index in [1.165, 1.54) is 11.4 Å². The quantitative estimate of drug-likeness (QED) is 0.354. The molecule has 3 aliphatic heterocycles. The highest BCUT2D eigenvalue weighted by molar-refractivity contribution is 5.42. The number of hydrogen-bond donors (Lipinski definition) is 1. The summed E-state index contributed by atoms with van der Waals surface area (Å²) in [4.78, 5) is 23.7. The highest BCUT2D eigenvalue weighted by Crippen LogP contribution is 2.25. The molecule has 0 aromatic carbocycles. The van der Waals surface area contributed by atoms with Crippen molar-refractivity contribution >= 4 is 17.5 Å². The Labute approximate surface area is 297 Å². The summed E-state index contributed by atoms with van der Waals surface area (Å²) in [6.45, 7) is 32.0. The smallest absolute Gasteiger partial charge is 0.128 e. The van der Waals surface area contributed by atoms with Crippen LogP contribution < -0.4 is 20.0 Å². The van der Waals surface area contributed by atoms with Gasteiger partial charge in [0, 0.05) is 98.8 Å². The zero-order valence-corrected chi connectivity index (χ0v) is 32.2. The lowest BCUT2D eigenvalue weighted by Gasteiger charge is -2.33. The number of pyridine rings is 3. The first-order chi connectivity index (χ1) is 23.1. The zero-order chi connectivity index (χ0) is 35.7. The van der Waals surface area contributed by atoms with Gasteiger partial charge in [0.15, 0.2) is 0 Å². The summed E-state index contributed by atoms with van der Waals surface area (Å²) in [5.74, 6) is 3.33. The number of piperazine rings is 2. The van der Waals surface area contributed by atoms with Crippen LogP contribution in [0.25, 0.3) is 0 Å². The van der Waals surface area contributed by atoms with Crippen LogP contribution in [0.4, 0.5) is 17.5 Å². The van der Waals surface area contributed by atoms with E-state index in [1.54, 1.807) is 0 Å². The highest BCUT2D eigenvalue weighted by Gasteiger charge is 2.21. The average Bonchev–Trinajstić information content (AvgIpc) is 3.09. The SMILES string of the molecule is CC(C)(C)c1cccc(N2CCNCC2)n1.CC(C)(C)c1cccc(N2CCOCC2)n1.CN1CCN(c2cccc(C(C)(C)C)n2)CC1. The monoisotopic (exact) mass is 673 g/mol. The van der Waals surface area contributed by atoms with E-state index in [0.29, 0.717) is 0 Å². The highest BCUT2D eigenvalue weighted by atomic mass is 16.5. The van der Waals surface area contributed by atoms with E-state index in [2.05, 4.69) is 149 Å². The summed E-state index contributed by atoms with van der Waals surface area (Å²) in [6.07, 6.45) is 0. The topological polar surface area (TPSA) is 72.9 Å². The van der Waals surface area contributed by atoms with Gasteiger partial charge in [-0.2, -0.15) is 0 Å². The van der Waals surface area contributed by atoms with Gasteiger partial charge in [0.05, 0.1) is 13.2 Å². The second-order valence-corrected chi connectivity index (χ2v) is 16.5. The molecule has 9 nitrogen and oxygen atoms in total. The Hall–Kier alpha value is -3.27. The van der Waals surface area contributed by atoms with Gasteiger partial charge in [-0.1, -0.05) is 80.5 Å². The van der Waals surface area contributed by atoms with E-state index in [1.807, 2.05) is 0 Å². The van der Waals surface area contributed by atoms with E-state index in [9.17, 15) is 0 Å². The molecular weight excluding hydrogens is 608 g/mol. The minimum absolute atomic E-state index is 0.113. The number of morpholine rings is 1. The number of ether oxygens (including phenoxy) is 1. The Morgan fingerprint density at radius 1 is 0.490 bits per heavy atom. The fourth-order valence-electron chi connectivity index (χ4n) is 5.77. The normalized spacial score (nSPS) is 17.9. The number of likely N-dealkylation sites (N-methyl/N-ethyl adjacent to an activating group) is 1. The van der Waals surface area contributed by atoms with E-state index in [0.717, 1.165) is 102 Å². The van der Waals surface area contributed by atoms with Crippen LogP contribution in [0.3, 0.4) is 0 Å². The summed E-state index contributed by atoms with van der Waals surface area (Å²) in [5.41, 5.74) is 3.86. The number of hydrogen-bond acceptors (Lipinski definition) is 9. The molecule has 0 bridgehead atoms. The Bertz CT molecular complexity index is 1350. The van der Waals surface area contributed by atoms with Crippen LogP contribution in [0.15, 0.2) is 54.6 Å². The maximum absolute atomic E-state index is 5.35. The van der Waals surface area contributed by atoms with Gasteiger partial charge < -0.3 is 29.7 Å². The molecule has 0 radical (unpaired) electrons. The minimum atomic E-state index is 0.113. The maximum atomic E-state index is 5.35. The van der Waals surface area contributed by atoms with Gasteiger partial charge in [0.25, 0.3) is 0 Å². The molecule has 3 aliphatic rings. The van der Waals surface area contributed by atoms with Crippen molar-refractivity contribution in [3.05, 3.63) is 71.7 Å². The molecule has 3 aromatic heterocycles. The number of aromatic nitrogens is 3.